The second-order valence-corrected chi connectivity index (χ2v) is 4.34. The molecule has 0 saturated carbocycles. The zero-order chi connectivity index (χ0) is 11.3. The molecule has 1 aromatic heterocycles. The average molecular weight is 233 g/mol. The molecular weight excluding hydrogens is 222 g/mol. The summed E-state index contributed by atoms with van der Waals surface area (Å²) in [7, 11) is -2.51. The molecule has 1 aromatic rings. The van der Waals surface area contributed by atoms with Gasteiger partial charge in [0, 0.05) is 6.07 Å². The van der Waals surface area contributed by atoms with Gasteiger partial charge in [0.25, 0.3) is 16.0 Å². The van der Waals surface area contributed by atoms with Gasteiger partial charge in [0.15, 0.2) is 5.76 Å². The third-order valence-electron chi connectivity index (χ3n) is 1.46. The van der Waals surface area contributed by atoms with Gasteiger partial charge in [-0.2, -0.15) is 8.42 Å². The van der Waals surface area contributed by atoms with Crippen LogP contribution in [-0.4, -0.2) is 27.3 Å². The zero-order valence-electron chi connectivity index (χ0n) is 8.17. The van der Waals surface area contributed by atoms with Crippen LogP contribution in [0.25, 0.3) is 0 Å². The number of rotatable bonds is 6. The van der Waals surface area contributed by atoms with Gasteiger partial charge in [-0.25, -0.2) is 0 Å². The summed E-state index contributed by atoms with van der Waals surface area (Å²) in [4.78, 5) is 0. The van der Waals surface area contributed by atoms with Crippen LogP contribution in [0.1, 0.15) is 5.76 Å². The predicted molar refractivity (Wildman–Crippen MR) is 51.8 cm³/mol. The van der Waals surface area contributed by atoms with Crippen molar-refractivity contribution < 1.29 is 21.9 Å². The lowest BCUT2D eigenvalue weighted by Gasteiger charge is -1.95. The van der Waals surface area contributed by atoms with Gasteiger partial charge in [-0.1, -0.05) is 12.7 Å². The summed E-state index contributed by atoms with van der Waals surface area (Å²) < 4.78 is 36.1. The van der Waals surface area contributed by atoms with E-state index >= 15 is 0 Å². The molecule has 0 unspecified atom stereocenters. The minimum Gasteiger partial charge on any atom is -0.471 e. The molecule has 84 valence electrons. The third-order valence-corrected chi connectivity index (χ3v) is 2.61. The highest BCUT2D eigenvalue weighted by molar-refractivity contribution is 7.85. The number of ether oxygens (including phenoxy) is 1. The van der Waals surface area contributed by atoms with Crippen molar-refractivity contribution in [1.29, 1.82) is 0 Å². The molecule has 1 heterocycles. The summed E-state index contributed by atoms with van der Waals surface area (Å²) in [6, 6.07) is 1.39. The van der Waals surface area contributed by atoms with E-state index in [2.05, 4.69) is 15.9 Å². The van der Waals surface area contributed by atoms with Gasteiger partial charge < -0.3 is 9.26 Å². The SMILES string of the molecule is C=CCOc1cc(CS(=O)(=O)OC)on1. The lowest BCUT2D eigenvalue weighted by atomic mass is 10.5. The third kappa shape index (κ3) is 3.72. The highest BCUT2D eigenvalue weighted by atomic mass is 32.2. The first-order valence-corrected chi connectivity index (χ1v) is 5.62. The van der Waals surface area contributed by atoms with Gasteiger partial charge in [0.2, 0.25) is 0 Å². The van der Waals surface area contributed by atoms with Gasteiger partial charge in [-0.3, -0.25) is 4.18 Å². The minimum absolute atomic E-state index is 0.163. The molecule has 0 N–H and O–H groups in total. The maximum absolute atomic E-state index is 11.0. The van der Waals surface area contributed by atoms with Gasteiger partial charge in [-0.15, -0.1) is 0 Å². The summed E-state index contributed by atoms with van der Waals surface area (Å²) in [5, 5.41) is 3.51. The van der Waals surface area contributed by atoms with Crippen LogP contribution in [0.4, 0.5) is 0 Å². The molecule has 15 heavy (non-hydrogen) atoms. The quantitative estimate of drug-likeness (QED) is 0.532. The summed E-state index contributed by atoms with van der Waals surface area (Å²) in [5.41, 5.74) is 0. The van der Waals surface area contributed by atoms with Crippen molar-refractivity contribution in [3.05, 3.63) is 24.5 Å². The fourth-order valence-electron chi connectivity index (χ4n) is 0.808. The molecule has 0 fully saturated rings. The maximum atomic E-state index is 11.0. The Balaban J connectivity index is 2.64. The summed E-state index contributed by atoms with van der Waals surface area (Å²) >= 11 is 0. The summed E-state index contributed by atoms with van der Waals surface area (Å²) in [6.07, 6.45) is 1.54. The van der Waals surface area contributed by atoms with Crippen LogP contribution in [0.5, 0.6) is 5.88 Å². The molecule has 0 spiro atoms. The molecule has 6 nitrogen and oxygen atoms in total. The standard InChI is InChI=1S/C8H11NO5S/c1-3-4-13-8-5-7(14-9-8)6-15(10,11)12-2/h3,5H,1,4,6H2,2H3. The van der Waals surface area contributed by atoms with Gasteiger partial charge in [-0.05, 0) is 5.16 Å². The Morgan fingerprint density at radius 2 is 2.40 bits per heavy atom. The molecule has 0 aromatic carbocycles. The van der Waals surface area contributed by atoms with Crippen molar-refractivity contribution >= 4 is 10.1 Å². The van der Waals surface area contributed by atoms with Crippen LogP contribution >= 0.6 is 0 Å². The van der Waals surface area contributed by atoms with E-state index in [4.69, 9.17) is 9.26 Å². The number of hydrogen-bond donors (Lipinski definition) is 0. The van der Waals surface area contributed by atoms with Crippen LogP contribution in [0.3, 0.4) is 0 Å². The Labute approximate surface area is 87.6 Å². The second kappa shape index (κ2) is 4.94. The van der Waals surface area contributed by atoms with Crippen LogP contribution in [0.2, 0.25) is 0 Å². The molecule has 0 aliphatic carbocycles. The van der Waals surface area contributed by atoms with E-state index in [1.807, 2.05) is 0 Å². The van der Waals surface area contributed by atoms with Gasteiger partial charge >= 0.3 is 0 Å². The largest absolute Gasteiger partial charge is 0.471 e. The molecule has 0 saturated heterocycles. The van der Waals surface area contributed by atoms with Crippen molar-refractivity contribution in [2.45, 2.75) is 5.75 Å². The van der Waals surface area contributed by atoms with Crippen LogP contribution < -0.4 is 4.74 Å². The Bertz CT molecular complexity index is 422. The van der Waals surface area contributed by atoms with E-state index < -0.39 is 10.1 Å². The molecule has 0 radical (unpaired) electrons. The minimum atomic E-state index is -3.59. The van der Waals surface area contributed by atoms with Crippen molar-refractivity contribution in [1.82, 2.24) is 5.16 Å². The highest BCUT2D eigenvalue weighted by Gasteiger charge is 2.15. The maximum Gasteiger partial charge on any atom is 0.274 e. The molecule has 0 aliphatic heterocycles. The molecule has 0 aliphatic rings. The monoisotopic (exact) mass is 233 g/mol. The molecule has 0 atom stereocenters. The fourth-order valence-corrected chi connectivity index (χ4v) is 1.41. The lowest BCUT2D eigenvalue weighted by molar-refractivity contribution is 0.303. The van der Waals surface area contributed by atoms with Crippen molar-refractivity contribution in [2.24, 2.45) is 0 Å². The van der Waals surface area contributed by atoms with Crippen LogP contribution in [-0.2, 0) is 20.1 Å². The number of aromatic nitrogens is 1. The summed E-state index contributed by atoms with van der Waals surface area (Å²) in [6.45, 7) is 3.74. The topological polar surface area (TPSA) is 78.6 Å². The van der Waals surface area contributed by atoms with Crippen LogP contribution in [0.15, 0.2) is 23.2 Å². The number of hydrogen-bond acceptors (Lipinski definition) is 6. The summed E-state index contributed by atoms with van der Waals surface area (Å²) in [5.74, 6) is 0.0145. The Kier molecular flexibility index (Phi) is 3.87. The van der Waals surface area contributed by atoms with Crippen molar-refractivity contribution in [2.75, 3.05) is 13.7 Å². The van der Waals surface area contributed by atoms with Crippen molar-refractivity contribution in [3.8, 4) is 5.88 Å². The van der Waals surface area contributed by atoms with E-state index in [9.17, 15) is 8.42 Å². The molecule has 7 heteroatoms. The van der Waals surface area contributed by atoms with Crippen LogP contribution in [0, 0.1) is 0 Å². The van der Waals surface area contributed by atoms with Gasteiger partial charge in [0.05, 0.1) is 7.11 Å². The zero-order valence-corrected chi connectivity index (χ0v) is 8.99. The van der Waals surface area contributed by atoms with E-state index in [0.717, 1.165) is 7.11 Å². The number of nitrogens with zero attached hydrogens (tertiary/aromatic N) is 1. The molecular formula is C8H11NO5S. The Morgan fingerprint density at radius 3 is 3.00 bits per heavy atom. The van der Waals surface area contributed by atoms with Gasteiger partial charge in [0.1, 0.15) is 12.4 Å². The second-order valence-electron chi connectivity index (χ2n) is 2.60. The smallest absolute Gasteiger partial charge is 0.274 e. The first-order chi connectivity index (χ1) is 7.07. The van der Waals surface area contributed by atoms with E-state index in [1.165, 1.54) is 6.07 Å². The highest BCUT2D eigenvalue weighted by Crippen LogP contribution is 2.14. The predicted octanol–water partition coefficient (Wildman–Crippen LogP) is 0.716. The molecule has 1 rings (SSSR count). The normalized spacial score (nSPS) is 11.3. The van der Waals surface area contributed by atoms with Crippen molar-refractivity contribution in [3.63, 3.8) is 0 Å². The molecule has 0 amide bonds. The first kappa shape index (κ1) is 11.7. The Morgan fingerprint density at radius 1 is 1.67 bits per heavy atom. The Hall–Kier alpha value is -1.34. The molecule has 0 bridgehead atoms. The van der Waals surface area contributed by atoms with E-state index in [1.54, 1.807) is 6.08 Å². The fraction of sp³-hybridized carbons (Fsp3) is 0.375. The average Bonchev–Trinajstić information content (AvgIpc) is 2.62. The first-order valence-electron chi connectivity index (χ1n) is 4.05. The van der Waals surface area contributed by atoms with E-state index in [-0.39, 0.29) is 24.0 Å². The van der Waals surface area contributed by atoms with E-state index in [0.29, 0.717) is 0 Å². The lowest BCUT2D eigenvalue weighted by Crippen LogP contribution is -2.04.